The molecule has 0 aromatic carbocycles. The second kappa shape index (κ2) is 5.36. The fraction of sp³-hybridized carbons (Fsp3) is 0.818. The van der Waals surface area contributed by atoms with Crippen molar-refractivity contribution in [3.8, 4) is 0 Å². The van der Waals surface area contributed by atoms with Gasteiger partial charge in [-0.25, -0.2) is 0 Å². The Morgan fingerprint density at radius 2 is 1.92 bits per heavy atom. The zero-order valence-corrected chi connectivity index (χ0v) is 8.34. The third-order valence-electron chi connectivity index (χ3n) is 2.85. The van der Waals surface area contributed by atoms with Gasteiger partial charge in [0.1, 0.15) is 0 Å². The smallest absolute Gasteiger partial charge is 0.00235 e. The number of nitrogens with one attached hydrogen (secondary N) is 1. The molecule has 0 amide bonds. The molecule has 0 aromatic rings. The minimum atomic E-state index is 0.878. The van der Waals surface area contributed by atoms with Crippen molar-refractivity contribution < 1.29 is 0 Å². The van der Waals surface area contributed by atoms with Gasteiger partial charge < -0.3 is 5.32 Å². The van der Waals surface area contributed by atoms with E-state index in [0.717, 1.165) is 11.8 Å². The molecule has 0 spiro atoms. The van der Waals surface area contributed by atoms with Gasteiger partial charge >= 0.3 is 0 Å². The van der Waals surface area contributed by atoms with Crippen LogP contribution in [0.15, 0.2) is 12.2 Å². The van der Waals surface area contributed by atoms with E-state index in [2.05, 4.69) is 31.4 Å². The van der Waals surface area contributed by atoms with E-state index in [9.17, 15) is 0 Å². The monoisotopic (exact) mass is 167 g/mol. The Morgan fingerprint density at radius 1 is 1.25 bits per heavy atom. The summed E-state index contributed by atoms with van der Waals surface area (Å²) in [6.45, 7) is 3.34. The van der Waals surface area contributed by atoms with Crippen LogP contribution in [0, 0.1) is 11.8 Å². The van der Waals surface area contributed by atoms with Gasteiger partial charge in [0.05, 0.1) is 0 Å². The summed E-state index contributed by atoms with van der Waals surface area (Å²) in [6.07, 6.45) is 10.2. The van der Waals surface area contributed by atoms with Crippen LogP contribution in [0.1, 0.15) is 32.6 Å². The Hall–Kier alpha value is -0.300. The fourth-order valence-corrected chi connectivity index (χ4v) is 2.15. The third-order valence-corrected chi connectivity index (χ3v) is 2.85. The van der Waals surface area contributed by atoms with Crippen LogP contribution in [-0.2, 0) is 0 Å². The SMILES string of the molecule is C/C=C/C1CCC(CNC)CC1. The Kier molecular flexibility index (Phi) is 4.37. The molecule has 1 aliphatic carbocycles. The predicted octanol–water partition coefficient (Wildman–Crippen LogP) is 2.59. The Labute approximate surface area is 76.2 Å². The molecule has 0 radical (unpaired) electrons. The second-order valence-electron chi connectivity index (χ2n) is 3.86. The second-order valence-corrected chi connectivity index (χ2v) is 3.86. The summed E-state index contributed by atoms with van der Waals surface area (Å²) in [6, 6.07) is 0. The van der Waals surface area contributed by atoms with Gasteiger partial charge in [-0.05, 0) is 58.0 Å². The zero-order chi connectivity index (χ0) is 8.81. The van der Waals surface area contributed by atoms with E-state index in [1.54, 1.807) is 0 Å². The number of hydrogen-bond acceptors (Lipinski definition) is 1. The minimum absolute atomic E-state index is 0.878. The molecule has 0 heterocycles. The van der Waals surface area contributed by atoms with Gasteiger partial charge in [0.15, 0.2) is 0 Å². The summed E-state index contributed by atoms with van der Waals surface area (Å²) in [5.41, 5.74) is 0. The van der Waals surface area contributed by atoms with Crippen molar-refractivity contribution in [1.29, 1.82) is 0 Å². The zero-order valence-electron chi connectivity index (χ0n) is 8.34. The largest absolute Gasteiger partial charge is 0.319 e. The first-order chi connectivity index (χ1) is 5.86. The first-order valence-electron chi connectivity index (χ1n) is 5.14. The Morgan fingerprint density at radius 3 is 2.42 bits per heavy atom. The molecule has 1 saturated carbocycles. The highest BCUT2D eigenvalue weighted by molar-refractivity contribution is 4.88. The van der Waals surface area contributed by atoms with Gasteiger partial charge in [-0.2, -0.15) is 0 Å². The van der Waals surface area contributed by atoms with Crippen LogP contribution >= 0.6 is 0 Å². The maximum Gasteiger partial charge on any atom is -0.00235 e. The average Bonchev–Trinajstić information content (AvgIpc) is 2.09. The van der Waals surface area contributed by atoms with Crippen molar-refractivity contribution in [3.63, 3.8) is 0 Å². The highest BCUT2D eigenvalue weighted by atomic mass is 14.8. The molecule has 0 bridgehead atoms. The first kappa shape index (κ1) is 9.79. The van der Waals surface area contributed by atoms with E-state index in [4.69, 9.17) is 0 Å². The summed E-state index contributed by atoms with van der Waals surface area (Å²) in [5, 5.41) is 3.27. The quantitative estimate of drug-likeness (QED) is 0.637. The molecule has 0 aromatic heterocycles. The van der Waals surface area contributed by atoms with Gasteiger partial charge in [0.2, 0.25) is 0 Å². The summed E-state index contributed by atoms with van der Waals surface area (Å²) < 4.78 is 0. The summed E-state index contributed by atoms with van der Waals surface area (Å²) in [5.74, 6) is 1.82. The molecule has 0 aliphatic heterocycles. The number of allylic oxidation sites excluding steroid dienone is 2. The van der Waals surface area contributed by atoms with Crippen LogP contribution in [0.25, 0.3) is 0 Å². The van der Waals surface area contributed by atoms with Gasteiger partial charge in [-0.3, -0.25) is 0 Å². The summed E-state index contributed by atoms with van der Waals surface area (Å²) >= 11 is 0. The van der Waals surface area contributed by atoms with E-state index in [1.165, 1.54) is 32.2 Å². The maximum absolute atomic E-state index is 3.27. The lowest BCUT2D eigenvalue weighted by atomic mass is 9.82. The molecule has 1 aliphatic rings. The molecule has 0 atom stereocenters. The van der Waals surface area contributed by atoms with Crippen molar-refractivity contribution in [2.24, 2.45) is 11.8 Å². The Balaban J connectivity index is 2.20. The molecular weight excluding hydrogens is 146 g/mol. The summed E-state index contributed by atoms with van der Waals surface area (Å²) in [4.78, 5) is 0. The van der Waals surface area contributed by atoms with Gasteiger partial charge in [0, 0.05) is 0 Å². The van der Waals surface area contributed by atoms with Crippen molar-refractivity contribution in [3.05, 3.63) is 12.2 Å². The molecule has 0 saturated heterocycles. The number of rotatable bonds is 3. The van der Waals surface area contributed by atoms with Gasteiger partial charge in [0.25, 0.3) is 0 Å². The molecule has 12 heavy (non-hydrogen) atoms. The van der Waals surface area contributed by atoms with Crippen LogP contribution in [0.5, 0.6) is 0 Å². The average molecular weight is 167 g/mol. The topological polar surface area (TPSA) is 12.0 Å². The lowest BCUT2D eigenvalue weighted by Crippen LogP contribution is -2.23. The molecule has 1 nitrogen and oxygen atoms in total. The van der Waals surface area contributed by atoms with E-state index >= 15 is 0 Å². The standard InChI is InChI=1S/C11H21N/c1-3-4-10-5-7-11(8-6-10)9-12-2/h3-4,10-12H,5-9H2,1-2H3/b4-3+. The molecular formula is C11H21N. The van der Waals surface area contributed by atoms with Gasteiger partial charge in [-0.15, -0.1) is 0 Å². The Bertz CT molecular complexity index is 132. The van der Waals surface area contributed by atoms with Crippen molar-refractivity contribution in [1.82, 2.24) is 5.32 Å². The van der Waals surface area contributed by atoms with Gasteiger partial charge in [-0.1, -0.05) is 12.2 Å². The maximum atomic E-state index is 3.27. The van der Waals surface area contributed by atoms with E-state index in [0.29, 0.717) is 0 Å². The summed E-state index contributed by atoms with van der Waals surface area (Å²) in [7, 11) is 2.05. The highest BCUT2D eigenvalue weighted by Gasteiger charge is 2.18. The third kappa shape index (κ3) is 2.98. The van der Waals surface area contributed by atoms with Crippen molar-refractivity contribution in [2.45, 2.75) is 32.6 Å². The van der Waals surface area contributed by atoms with Crippen LogP contribution < -0.4 is 5.32 Å². The van der Waals surface area contributed by atoms with Crippen molar-refractivity contribution in [2.75, 3.05) is 13.6 Å². The highest BCUT2D eigenvalue weighted by Crippen LogP contribution is 2.28. The first-order valence-corrected chi connectivity index (χ1v) is 5.14. The lowest BCUT2D eigenvalue weighted by Gasteiger charge is -2.26. The fourth-order valence-electron chi connectivity index (χ4n) is 2.15. The predicted molar refractivity (Wildman–Crippen MR) is 54.2 cm³/mol. The molecule has 70 valence electrons. The normalized spacial score (nSPS) is 31.2. The van der Waals surface area contributed by atoms with Crippen molar-refractivity contribution >= 4 is 0 Å². The molecule has 1 rings (SSSR count). The van der Waals surface area contributed by atoms with Crippen LogP contribution in [0.2, 0.25) is 0 Å². The lowest BCUT2D eigenvalue weighted by molar-refractivity contribution is 0.305. The van der Waals surface area contributed by atoms with E-state index in [1.807, 2.05) is 0 Å². The molecule has 0 unspecified atom stereocenters. The molecule has 1 fully saturated rings. The van der Waals surface area contributed by atoms with Crippen LogP contribution in [-0.4, -0.2) is 13.6 Å². The molecule has 1 N–H and O–H groups in total. The van der Waals surface area contributed by atoms with Crippen LogP contribution in [0.4, 0.5) is 0 Å². The van der Waals surface area contributed by atoms with Crippen LogP contribution in [0.3, 0.4) is 0 Å². The number of hydrogen-bond donors (Lipinski definition) is 1. The minimum Gasteiger partial charge on any atom is -0.319 e. The van der Waals surface area contributed by atoms with E-state index in [-0.39, 0.29) is 0 Å². The van der Waals surface area contributed by atoms with E-state index < -0.39 is 0 Å². The molecule has 1 heteroatoms.